The SMILES string of the molecule is C/C1=N/N(C2CCCCCCCCC2)C(=O)C(c2ccc(NCCC3=NC=CCC=C3)cc2)CCc2ccccc21. The number of nitrogens with one attached hydrogen (secondary N) is 1. The number of amides is 1. The average molecular weight is 551 g/mol. The summed E-state index contributed by atoms with van der Waals surface area (Å²) in [7, 11) is 0. The molecular formula is C36H46N4O. The Bertz CT molecular complexity index is 1260. The molecule has 1 aliphatic carbocycles. The summed E-state index contributed by atoms with van der Waals surface area (Å²) in [5.41, 5.74) is 6.66. The van der Waals surface area contributed by atoms with Crippen LogP contribution in [0.3, 0.4) is 0 Å². The number of allylic oxidation sites excluding steroid dienone is 3. The zero-order valence-corrected chi connectivity index (χ0v) is 24.7. The molecule has 1 fully saturated rings. The van der Waals surface area contributed by atoms with Crippen LogP contribution in [0.1, 0.15) is 107 Å². The van der Waals surface area contributed by atoms with Crippen LogP contribution in [-0.2, 0) is 11.2 Å². The van der Waals surface area contributed by atoms with Gasteiger partial charge in [0, 0.05) is 36.1 Å². The minimum absolute atomic E-state index is 0.158. The second-order valence-electron chi connectivity index (χ2n) is 11.8. The monoisotopic (exact) mass is 550 g/mol. The van der Waals surface area contributed by atoms with E-state index in [2.05, 4.69) is 84.0 Å². The minimum Gasteiger partial charge on any atom is -0.385 e. The molecular weight excluding hydrogens is 504 g/mol. The molecule has 3 aliphatic rings. The molecule has 1 saturated carbocycles. The highest BCUT2D eigenvalue weighted by Gasteiger charge is 2.32. The van der Waals surface area contributed by atoms with Crippen molar-refractivity contribution < 1.29 is 4.79 Å². The summed E-state index contributed by atoms with van der Waals surface area (Å²) in [6.07, 6.45) is 22.6. The van der Waals surface area contributed by atoms with Gasteiger partial charge in [-0.15, -0.1) is 0 Å². The summed E-state index contributed by atoms with van der Waals surface area (Å²) >= 11 is 0. The largest absolute Gasteiger partial charge is 0.385 e. The van der Waals surface area contributed by atoms with Crippen molar-refractivity contribution in [3.63, 3.8) is 0 Å². The first kappa shape index (κ1) is 29.0. The van der Waals surface area contributed by atoms with Crippen LogP contribution in [0.2, 0.25) is 0 Å². The first-order valence-corrected chi connectivity index (χ1v) is 15.9. The topological polar surface area (TPSA) is 57.1 Å². The summed E-state index contributed by atoms with van der Waals surface area (Å²) in [6.45, 7) is 2.89. The summed E-state index contributed by atoms with van der Waals surface area (Å²) in [4.78, 5) is 18.9. The zero-order valence-electron chi connectivity index (χ0n) is 24.7. The van der Waals surface area contributed by atoms with Crippen molar-refractivity contribution in [2.75, 3.05) is 11.9 Å². The Kier molecular flexibility index (Phi) is 10.6. The molecule has 1 amide bonds. The number of carbonyl (C=O) groups excluding carboxylic acids is 1. The molecule has 216 valence electrons. The van der Waals surface area contributed by atoms with Gasteiger partial charge >= 0.3 is 0 Å². The maximum atomic E-state index is 14.4. The average Bonchev–Trinajstić information content (AvgIpc) is 3.26. The third-order valence-electron chi connectivity index (χ3n) is 8.76. The fraction of sp³-hybridized carbons (Fsp3) is 0.472. The van der Waals surface area contributed by atoms with Crippen molar-refractivity contribution in [1.82, 2.24) is 5.01 Å². The third kappa shape index (κ3) is 8.06. The Hall–Kier alpha value is -3.47. The molecule has 1 unspecified atom stereocenters. The van der Waals surface area contributed by atoms with Gasteiger partial charge in [-0.2, -0.15) is 5.10 Å². The van der Waals surface area contributed by atoms with Crippen molar-refractivity contribution in [2.45, 2.75) is 102 Å². The molecule has 0 saturated heterocycles. The van der Waals surface area contributed by atoms with Gasteiger partial charge < -0.3 is 5.32 Å². The lowest BCUT2D eigenvalue weighted by molar-refractivity contribution is -0.135. The number of nitrogens with zero attached hydrogens (tertiary/aromatic N) is 3. The van der Waals surface area contributed by atoms with Crippen molar-refractivity contribution in [1.29, 1.82) is 0 Å². The van der Waals surface area contributed by atoms with E-state index in [1.807, 2.05) is 11.2 Å². The van der Waals surface area contributed by atoms with E-state index in [-0.39, 0.29) is 17.9 Å². The highest BCUT2D eigenvalue weighted by molar-refractivity contribution is 6.01. The second kappa shape index (κ2) is 15.0. The van der Waals surface area contributed by atoms with Gasteiger partial charge in [-0.05, 0) is 68.4 Å². The molecule has 5 heteroatoms. The highest BCUT2D eigenvalue weighted by atomic mass is 16.2. The molecule has 2 aromatic rings. The number of aryl methyl sites for hydroxylation is 1. The number of hydrogen-bond donors (Lipinski definition) is 1. The third-order valence-corrected chi connectivity index (χ3v) is 8.76. The quantitative estimate of drug-likeness (QED) is 0.392. The molecule has 2 aromatic carbocycles. The molecule has 0 spiro atoms. The van der Waals surface area contributed by atoms with E-state index < -0.39 is 0 Å². The fourth-order valence-corrected chi connectivity index (χ4v) is 6.39. The summed E-state index contributed by atoms with van der Waals surface area (Å²) in [5.74, 6) is -0.0504. The van der Waals surface area contributed by atoms with Gasteiger partial charge in [-0.1, -0.05) is 93.5 Å². The molecule has 1 atom stereocenters. The van der Waals surface area contributed by atoms with E-state index in [0.29, 0.717) is 0 Å². The predicted octanol–water partition coefficient (Wildman–Crippen LogP) is 8.58. The number of aliphatic imine (C=N–C) groups is 1. The smallest absolute Gasteiger partial charge is 0.250 e. The van der Waals surface area contributed by atoms with Gasteiger partial charge in [0.05, 0.1) is 17.7 Å². The van der Waals surface area contributed by atoms with Crippen molar-refractivity contribution in [3.05, 3.63) is 89.6 Å². The van der Waals surface area contributed by atoms with Crippen LogP contribution >= 0.6 is 0 Å². The molecule has 2 heterocycles. The van der Waals surface area contributed by atoms with Crippen LogP contribution in [-0.4, -0.2) is 34.9 Å². The number of hydrogen-bond acceptors (Lipinski definition) is 4. The summed E-state index contributed by atoms with van der Waals surface area (Å²) in [6, 6.07) is 17.2. The molecule has 1 N–H and O–H groups in total. The number of anilines is 1. The van der Waals surface area contributed by atoms with Crippen molar-refractivity contribution >= 4 is 23.0 Å². The van der Waals surface area contributed by atoms with Gasteiger partial charge in [0.1, 0.15) is 0 Å². The Morgan fingerprint density at radius 1 is 0.878 bits per heavy atom. The number of carbonyl (C=O) groups is 1. The van der Waals surface area contributed by atoms with Gasteiger partial charge in [0.15, 0.2) is 0 Å². The minimum atomic E-state index is -0.209. The first-order valence-electron chi connectivity index (χ1n) is 15.9. The Balaban J connectivity index is 1.36. The molecule has 5 nitrogen and oxygen atoms in total. The van der Waals surface area contributed by atoms with Crippen LogP contribution in [0.25, 0.3) is 0 Å². The molecule has 0 aromatic heterocycles. The molecule has 41 heavy (non-hydrogen) atoms. The first-order chi connectivity index (χ1) is 20.2. The molecule has 0 radical (unpaired) electrons. The maximum absolute atomic E-state index is 14.4. The van der Waals surface area contributed by atoms with E-state index in [4.69, 9.17) is 5.10 Å². The zero-order chi connectivity index (χ0) is 28.3. The number of benzene rings is 2. The van der Waals surface area contributed by atoms with Gasteiger partial charge in [0.2, 0.25) is 5.91 Å². The number of hydrazone groups is 1. The van der Waals surface area contributed by atoms with Crippen LogP contribution in [0.5, 0.6) is 0 Å². The van der Waals surface area contributed by atoms with Crippen LogP contribution in [0.15, 0.2) is 83.1 Å². The van der Waals surface area contributed by atoms with Crippen LogP contribution < -0.4 is 5.32 Å². The molecule has 0 bridgehead atoms. The second-order valence-corrected chi connectivity index (χ2v) is 11.8. The Labute approximate surface area is 246 Å². The van der Waals surface area contributed by atoms with Gasteiger partial charge in [0.25, 0.3) is 0 Å². The van der Waals surface area contributed by atoms with E-state index in [9.17, 15) is 4.79 Å². The lowest BCUT2D eigenvalue weighted by Gasteiger charge is -2.31. The normalized spacial score (nSPS) is 22.3. The lowest BCUT2D eigenvalue weighted by Crippen LogP contribution is -2.40. The fourth-order valence-electron chi connectivity index (χ4n) is 6.39. The molecule has 5 rings (SSSR count). The lowest BCUT2D eigenvalue weighted by atomic mass is 9.89. The van der Waals surface area contributed by atoms with Crippen LogP contribution in [0.4, 0.5) is 5.69 Å². The highest BCUT2D eigenvalue weighted by Crippen LogP contribution is 2.32. The van der Waals surface area contributed by atoms with Crippen molar-refractivity contribution in [3.8, 4) is 0 Å². The van der Waals surface area contributed by atoms with Crippen molar-refractivity contribution in [2.24, 2.45) is 10.1 Å². The van der Waals surface area contributed by atoms with Crippen LogP contribution in [0, 0.1) is 0 Å². The summed E-state index contributed by atoms with van der Waals surface area (Å²) < 4.78 is 0. The Morgan fingerprint density at radius 3 is 2.39 bits per heavy atom. The number of fused-ring (bicyclic) bond motifs is 1. The Morgan fingerprint density at radius 2 is 1.61 bits per heavy atom. The van der Waals surface area contributed by atoms with Gasteiger partial charge in [-0.3, -0.25) is 9.79 Å². The summed E-state index contributed by atoms with van der Waals surface area (Å²) in [5, 5.41) is 10.6. The van der Waals surface area contributed by atoms with E-state index in [1.54, 1.807) is 0 Å². The van der Waals surface area contributed by atoms with E-state index in [1.165, 1.54) is 56.1 Å². The van der Waals surface area contributed by atoms with E-state index >= 15 is 0 Å². The van der Waals surface area contributed by atoms with E-state index in [0.717, 1.165) is 67.7 Å². The van der Waals surface area contributed by atoms with Gasteiger partial charge in [-0.25, -0.2) is 5.01 Å². The molecule has 2 aliphatic heterocycles. The standard InChI is InChI=1S/C36H46N4O/c1-28-34-18-12-11-14-29(34)21-24-35(36(41)40(39-28)33-16-9-5-3-2-4-6-10-17-33)30-19-22-32(23-20-30)38-27-25-31-15-8-7-13-26-37-31/h8,11-15,18-20,22-23,26,33,35,38H,2-7,9-10,16-17,21,24-25,27H2,1H3/b39-28-. The maximum Gasteiger partial charge on any atom is 0.250 e. The number of rotatable bonds is 6. The predicted molar refractivity (Wildman–Crippen MR) is 172 cm³/mol.